The first-order valence-corrected chi connectivity index (χ1v) is 10.7. The van der Waals surface area contributed by atoms with Crippen LogP contribution in [0.2, 0.25) is 0 Å². The molecule has 0 heterocycles. The zero-order valence-electron chi connectivity index (χ0n) is 16.5. The van der Waals surface area contributed by atoms with Gasteiger partial charge >= 0.3 is 0 Å². The minimum absolute atomic E-state index is 0. The van der Waals surface area contributed by atoms with Crippen LogP contribution in [0, 0.1) is 12.3 Å². The van der Waals surface area contributed by atoms with Crippen LogP contribution in [0.25, 0.3) is 0 Å². The Bertz CT molecular complexity index is 637. The molecule has 0 spiro atoms. The van der Waals surface area contributed by atoms with Crippen molar-refractivity contribution in [2.75, 3.05) is 0 Å². The molecule has 0 radical (unpaired) electrons. The largest absolute Gasteiger partial charge is 0.0876 e. The molecule has 2 unspecified atom stereocenters. The van der Waals surface area contributed by atoms with Crippen LogP contribution in [0.1, 0.15) is 126 Å². The molecule has 0 N–H and O–H groups in total. The predicted octanol–water partition coefficient (Wildman–Crippen LogP) is 11.8. The first-order valence-electron chi connectivity index (χ1n) is 9.62. The second-order valence-electron chi connectivity index (χ2n) is 8.02. The van der Waals surface area contributed by atoms with Gasteiger partial charge in [-0.05, 0) is 53.7 Å². The summed E-state index contributed by atoms with van der Waals surface area (Å²) in [6.45, 7) is 11.7. The number of hydrogen-bond donors (Lipinski definition) is 0. The van der Waals surface area contributed by atoms with Crippen LogP contribution < -0.4 is 0 Å². The van der Waals surface area contributed by atoms with Gasteiger partial charge in [-0.25, -0.2) is 0 Å². The van der Waals surface area contributed by atoms with Gasteiger partial charge < -0.3 is 0 Å². The highest BCUT2D eigenvalue weighted by atomic mass is 79.9. The van der Waals surface area contributed by atoms with E-state index in [9.17, 15) is 0 Å². The fourth-order valence-electron chi connectivity index (χ4n) is 3.65. The molecule has 0 aliphatic heterocycles. The van der Waals surface area contributed by atoms with Crippen LogP contribution in [0.4, 0.5) is 0 Å². The highest BCUT2D eigenvalue weighted by Gasteiger charge is 2.31. The van der Waals surface area contributed by atoms with E-state index in [0.717, 1.165) is 5.33 Å². The van der Waals surface area contributed by atoms with Gasteiger partial charge in [0.05, 0.1) is 0 Å². The molecule has 2 aromatic carbocycles. The summed E-state index contributed by atoms with van der Waals surface area (Å²) < 4.78 is 0. The third-order valence-electron chi connectivity index (χ3n) is 5.95. The third kappa shape index (κ3) is 10.9. The quantitative estimate of drug-likeness (QED) is 0.318. The minimum atomic E-state index is 0. The first kappa shape index (κ1) is 40.3. The summed E-state index contributed by atoms with van der Waals surface area (Å²) in [7, 11) is 0. The Labute approximate surface area is 207 Å². The molecule has 0 nitrogen and oxygen atoms in total. The smallest absolute Gasteiger partial charge is 0.0283 e. The van der Waals surface area contributed by atoms with Crippen molar-refractivity contribution in [3.63, 3.8) is 0 Å². The Kier molecular flexibility index (Phi) is 24.0. The summed E-state index contributed by atoms with van der Waals surface area (Å²) in [5.74, 6) is 1.19. The Morgan fingerprint density at radius 1 is 0.742 bits per heavy atom. The van der Waals surface area contributed by atoms with Crippen LogP contribution in [0.15, 0.2) is 48.5 Å². The Morgan fingerprint density at radius 3 is 1.58 bits per heavy atom. The molecule has 0 aliphatic carbocycles. The maximum atomic E-state index is 3.56. The van der Waals surface area contributed by atoms with Crippen LogP contribution in [-0.4, -0.2) is 0 Å². The van der Waals surface area contributed by atoms with Crippen LogP contribution in [0.5, 0.6) is 0 Å². The van der Waals surface area contributed by atoms with Gasteiger partial charge in [0.15, 0.2) is 0 Å². The zero-order chi connectivity index (χ0) is 18.4. The molecule has 1 heteroatoms. The number of alkyl halides is 1. The molecule has 0 bridgehead atoms. The van der Waals surface area contributed by atoms with Gasteiger partial charge in [-0.1, -0.05) is 149 Å². The average Bonchev–Trinajstić information content (AvgIpc) is 2.63. The highest BCUT2D eigenvalue weighted by Crippen LogP contribution is 2.45. The molecule has 0 aliphatic rings. The maximum Gasteiger partial charge on any atom is 0.0283 e. The van der Waals surface area contributed by atoms with E-state index in [1.165, 1.54) is 41.5 Å². The lowest BCUT2D eigenvalue weighted by atomic mass is 9.68. The van der Waals surface area contributed by atoms with E-state index in [0.29, 0.717) is 17.3 Å². The normalized spacial score (nSPS) is 11.5. The van der Waals surface area contributed by atoms with Gasteiger partial charge in [-0.15, -0.1) is 0 Å². The molecule has 0 aromatic heterocycles. The van der Waals surface area contributed by atoms with Crippen molar-refractivity contribution >= 4 is 15.9 Å². The predicted molar refractivity (Wildman–Crippen MR) is 155 cm³/mol. The Hall–Kier alpha value is -1.08. The van der Waals surface area contributed by atoms with Crippen molar-refractivity contribution < 1.29 is 0 Å². The van der Waals surface area contributed by atoms with E-state index in [2.05, 4.69) is 99.1 Å². The molecular weight excluding hydrogens is 440 g/mol. The lowest BCUT2D eigenvalue weighted by Gasteiger charge is -2.36. The Balaban J connectivity index is -0.000000376. The van der Waals surface area contributed by atoms with Gasteiger partial charge in [0.25, 0.3) is 0 Å². The lowest BCUT2D eigenvalue weighted by molar-refractivity contribution is 0.248. The van der Waals surface area contributed by atoms with Gasteiger partial charge in [-0.2, -0.15) is 0 Å². The van der Waals surface area contributed by atoms with E-state index >= 15 is 0 Å². The van der Waals surface area contributed by atoms with Crippen molar-refractivity contribution in [2.45, 2.75) is 116 Å². The van der Waals surface area contributed by atoms with Crippen LogP contribution in [0.3, 0.4) is 0 Å². The Morgan fingerprint density at radius 2 is 1.19 bits per heavy atom. The molecule has 0 saturated heterocycles. The topological polar surface area (TPSA) is 0 Å². The van der Waals surface area contributed by atoms with Gasteiger partial charge in [0.2, 0.25) is 0 Å². The molecular formula is C30H57Br. The maximum absolute atomic E-state index is 3.56. The minimum Gasteiger partial charge on any atom is -0.0876 e. The number of halogens is 1. The summed E-state index contributed by atoms with van der Waals surface area (Å²) >= 11 is 3.56. The summed E-state index contributed by atoms with van der Waals surface area (Å²) in [5, 5.41) is 0.927. The number of rotatable bonds is 8. The molecule has 0 saturated carbocycles. The molecule has 31 heavy (non-hydrogen) atoms. The van der Waals surface area contributed by atoms with E-state index in [1.54, 1.807) is 0 Å². The highest BCUT2D eigenvalue weighted by molar-refractivity contribution is 9.08. The first-order chi connectivity index (χ1) is 11.9. The monoisotopic (exact) mass is 496 g/mol. The molecule has 2 rings (SSSR count). The number of benzene rings is 2. The van der Waals surface area contributed by atoms with Crippen molar-refractivity contribution in [1.82, 2.24) is 0 Å². The summed E-state index contributed by atoms with van der Waals surface area (Å²) in [6, 6.07) is 18.4. The van der Waals surface area contributed by atoms with Gasteiger partial charge in [-0.3, -0.25) is 0 Å². The molecule has 184 valence electrons. The van der Waals surface area contributed by atoms with Crippen LogP contribution >= 0.6 is 15.9 Å². The summed E-state index contributed by atoms with van der Waals surface area (Å²) in [6.07, 6.45) is 3.61. The molecule has 2 aromatic rings. The van der Waals surface area contributed by atoms with Crippen molar-refractivity contribution in [3.8, 4) is 0 Å². The zero-order valence-corrected chi connectivity index (χ0v) is 18.1. The van der Waals surface area contributed by atoms with E-state index < -0.39 is 0 Å². The van der Waals surface area contributed by atoms with E-state index in [4.69, 9.17) is 0 Å². The number of hydrogen-bond acceptors (Lipinski definition) is 0. The van der Waals surface area contributed by atoms with Crippen molar-refractivity contribution in [2.24, 2.45) is 5.41 Å². The SMILES string of the molecule is C.C.C.C.C.C.CCC(CC(c1ccc(CBr)cc1)C(C)(C)CC)c1ccc(C)cc1. The average molecular weight is 498 g/mol. The van der Waals surface area contributed by atoms with Gasteiger partial charge in [0.1, 0.15) is 0 Å². The van der Waals surface area contributed by atoms with Crippen molar-refractivity contribution in [1.29, 1.82) is 0 Å². The second kappa shape index (κ2) is 18.5. The van der Waals surface area contributed by atoms with Crippen LogP contribution in [-0.2, 0) is 5.33 Å². The van der Waals surface area contributed by atoms with Gasteiger partial charge in [0, 0.05) is 5.33 Å². The summed E-state index contributed by atoms with van der Waals surface area (Å²) in [5.41, 5.74) is 5.97. The van der Waals surface area contributed by atoms with E-state index in [-0.39, 0.29) is 44.6 Å². The summed E-state index contributed by atoms with van der Waals surface area (Å²) in [4.78, 5) is 0. The fraction of sp³-hybridized carbons (Fsp3) is 0.600. The molecule has 2 atom stereocenters. The molecule has 0 fully saturated rings. The molecule has 0 amide bonds. The van der Waals surface area contributed by atoms with Crippen molar-refractivity contribution in [3.05, 3.63) is 70.8 Å². The lowest BCUT2D eigenvalue weighted by Crippen LogP contribution is -2.23. The fourth-order valence-corrected chi connectivity index (χ4v) is 4.03. The second-order valence-corrected chi connectivity index (χ2v) is 8.58. The number of aryl methyl sites for hydroxylation is 1. The third-order valence-corrected chi connectivity index (χ3v) is 6.60. The van der Waals surface area contributed by atoms with E-state index in [1.807, 2.05) is 0 Å². The standard InChI is InChI=1S/C24H33Br.6CH4/c1-6-20(21-12-8-18(3)9-13-21)16-23(24(4,5)7-2)22-14-10-19(17-25)11-15-22;;;;;;/h8-15,20,23H,6-7,16-17H2,1-5H3;6*1H4.